The highest BCUT2D eigenvalue weighted by Crippen LogP contribution is 2.49. The Morgan fingerprint density at radius 3 is 2.50 bits per heavy atom. The van der Waals surface area contributed by atoms with Gasteiger partial charge in [-0.3, -0.25) is 14.3 Å². The molecule has 0 aliphatic rings. The summed E-state index contributed by atoms with van der Waals surface area (Å²) in [4.78, 5) is 0. The van der Waals surface area contributed by atoms with Gasteiger partial charge >= 0.3 is 5.03 Å². The molecule has 0 bridgehead atoms. The van der Waals surface area contributed by atoms with Crippen LogP contribution in [0.4, 0.5) is 0 Å². The first-order valence-electron chi connectivity index (χ1n) is 6.03. The summed E-state index contributed by atoms with van der Waals surface area (Å²) in [7, 11) is -3.10. The number of benzene rings is 1. The molecule has 0 aliphatic carbocycles. The van der Waals surface area contributed by atoms with Gasteiger partial charge < -0.3 is 0 Å². The van der Waals surface area contributed by atoms with Gasteiger partial charge in [-0.25, -0.2) is 0 Å². The van der Waals surface area contributed by atoms with Crippen molar-refractivity contribution in [3.8, 4) is 0 Å². The molecule has 6 heteroatoms. The lowest BCUT2D eigenvalue weighted by Gasteiger charge is -2.28. The van der Waals surface area contributed by atoms with Crippen molar-refractivity contribution < 1.29 is 19.0 Å². The van der Waals surface area contributed by atoms with Gasteiger partial charge in [-0.1, -0.05) is 22.0 Å². The number of hydrogen-bond donors (Lipinski definition) is 3. The summed E-state index contributed by atoms with van der Waals surface area (Å²) in [6.07, 6.45) is 1.38. The Morgan fingerprint density at radius 1 is 1.15 bits per heavy atom. The maximum Gasteiger partial charge on any atom is 0.344 e. The number of aryl methyl sites for hydroxylation is 2. The van der Waals surface area contributed by atoms with Crippen molar-refractivity contribution in [2.75, 3.05) is 0 Å². The maximum absolute atomic E-state index is 10.4. The number of hydrogen-bond acceptors (Lipinski definition) is 3. The quantitative estimate of drug-likeness (QED) is 0.575. The fraction of sp³-hybridized carbons (Fsp3) is 0.214. The average Bonchev–Trinajstić information content (AvgIpc) is 2.36. The van der Waals surface area contributed by atoms with Crippen LogP contribution in [0.25, 0.3) is 0 Å². The lowest BCUT2D eigenvalue weighted by atomic mass is 10.1. The molecular formula is C14H17BrNO3S+. The molecule has 1 aromatic heterocycles. The Labute approximate surface area is 128 Å². The monoisotopic (exact) mass is 358 g/mol. The van der Waals surface area contributed by atoms with Crippen LogP contribution in [-0.2, 0) is 5.75 Å². The molecule has 0 spiro atoms. The summed E-state index contributed by atoms with van der Waals surface area (Å²) in [5.41, 5.74) is 2.86. The van der Waals surface area contributed by atoms with Gasteiger partial charge in [0.1, 0.15) is 0 Å². The van der Waals surface area contributed by atoms with Gasteiger partial charge in [-0.05, 0) is 42.7 Å². The molecule has 2 aromatic rings. The zero-order valence-corrected chi connectivity index (χ0v) is 13.6. The van der Waals surface area contributed by atoms with E-state index in [-0.39, 0.29) is 10.8 Å². The van der Waals surface area contributed by atoms with Crippen molar-refractivity contribution in [3.05, 3.63) is 57.7 Å². The molecule has 0 radical (unpaired) electrons. The normalized spacial score (nSPS) is 12.4. The van der Waals surface area contributed by atoms with Gasteiger partial charge in [0, 0.05) is 21.3 Å². The molecule has 2 rings (SSSR count). The van der Waals surface area contributed by atoms with Crippen LogP contribution >= 0.6 is 26.5 Å². The molecule has 0 amide bonds. The van der Waals surface area contributed by atoms with Crippen LogP contribution in [0.2, 0.25) is 0 Å². The first kappa shape index (κ1) is 15.3. The van der Waals surface area contributed by atoms with Crippen LogP contribution < -0.4 is 4.73 Å². The van der Waals surface area contributed by atoms with Gasteiger partial charge in [-0.2, -0.15) is 0 Å². The van der Waals surface area contributed by atoms with E-state index in [2.05, 4.69) is 15.9 Å². The summed E-state index contributed by atoms with van der Waals surface area (Å²) < 4.78 is 22.5. The average molecular weight is 359 g/mol. The van der Waals surface area contributed by atoms with E-state index in [0.29, 0.717) is 0 Å². The Bertz CT molecular complexity index is 646. The zero-order valence-electron chi connectivity index (χ0n) is 11.2. The van der Waals surface area contributed by atoms with Gasteiger partial charge in [0.2, 0.25) is 6.20 Å². The van der Waals surface area contributed by atoms with E-state index in [9.17, 15) is 14.3 Å². The molecule has 0 saturated carbocycles. The lowest BCUT2D eigenvalue weighted by Crippen LogP contribution is -2.35. The minimum absolute atomic E-state index is 0.0809. The highest BCUT2D eigenvalue weighted by atomic mass is 79.9. The minimum atomic E-state index is -3.10. The first-order chi connectivity index (χ1) is 9.31. The summed E-state index contributed by atoms with van der Waals surface area (Å²) in [6.45, 7) is 3.88. The fourth-order valence-corrected chi connectivity index (χ4v) is 3.97. The number of aromatic nitrogens is 1. The zero-order chi connectivity index (χ0) is 14.9. The van der Waals surface area contributed by atoms with E-state index in [4.69, 9.17) is 0 Å². The van der Waals surface area contributed by atoms with Crippen LogP contribution in [-0.4, -0.2) is 14.3 Å². The number of pyridine rings is 1. The third-order valence-corrected chi connectivity index (χ3v) is 5.67. The van der Waals surface area contributed by atoms with Crippen molar-refractivity contribution in [2.24, 2.45) is 0 Å². The maximum atomic E-state index is 10.4. The van der Waals surface area contributed by atoms with Crippen LogP contribution in [0.3, 0.4) is 0 Å². The van der Waals surface area contributed by atoms with Crippen molar-refractivity contribution >= 4 is 26.5 Å². The topological polar surface area (TPSA) is 64.6 Å². The minimum Gasteiger partial charge on any atom is -0.290 e. The molecule has 0 atom stereocenters. The van der Waals surface area contributed by atoms with E-state index < -0.39 is 10.6 Å². The summed E-state index contributed by atoms with van der Waals surface area (Å²) >= 11 is 3.45. The first-order valence-corrected chi connectivity index (χ1v) is 8.53. The van der Waals surface area contributed by atoms with Crippen molar-refractivity contribution in [3.63, 3.8) is 0 Å². The second-order valence-corrected chi connectivity index (χ2v) is 7.62. The van der Waals surface area contributed by atoms with Crippen molar-refractivity contribution in [1.82, 2.24) is 0 Å². The number of halogens is 1. The Kier molecular flexibility index (Phi) is 4.39. The SMILES string of the molecule is Cc1cc(CS(O)(O)c2cccc[n+]2O)c(C)cc1Br. The van der Waals surface area contributed by atoms with Crippen LogP contribution in [0.15, 0.2) is 46.0 Å². The van der Waals surface area contributed by atoms with Crippen LogP contribution in [0.5, 0.6) is 0 Å². The van der Waals surface area contributed by atoms with Gasteiger partial charge in [0.15, 0.2) is 0 Å². The molecule has 20 heavy (non-hydrogen) atoms. The molecule has 108 valence electrons. The molecular weight excluding hydrogens is 342 g/mol. The second-order valence-electron chi connectivity index (χ2n) is 4.72. The molecule has 1 heterocycles. The number of rotatable bonds is 3. The van der Waals surface area contributed by atoms with E-state index in [1.807, 2.05) is 26.0 Å². The summed E-state index contributed by atoms with van der Waals surface area (Å²) in [6, 6.07) is 8.68. The predicted octanol–water partition coefficient (Wildman–Crippen LogP) is 3.90. The Morgan fingerprint density at radius 2 is 1.85 bits per heavy atom. The smallest absolute Gasteiger partial charge is 0.290 e. The molecule has 0 saturated heterocycles. The highest BCUT2D eigenvalue weighted by Gasteiger charge is 2.28. The molecule has 3 N–H and O–H groups in total. The van der Waals surface area contributed by atoms with Crippen LogP contribution in [0.1, 0.15) is 16.7 Å². The summed E-state index contributed by atoms with van der Waals surface area (Å²) in [5.74, 6) is 0.0809. The Balaban J connectivity index is 2.38. The van der Waals surface area contributed by atoms with E-state index >= 15 is 0 Å². The standard InChI is InChI=1S/C14H16BrNO3S/c1-10-8-13(15)11(2)7-12(10)9-20(18,19)14-5-3-4-6-16(14)17/h3-8H,9H2,1-2H3,(H2-,17,18,19)/p+1. The molecule has 4 nitrogen and oxygen atoms in total. The largest absolute Gasteiger partial charge is 0.344 e. The third-order valence-electron chi connectivity index (χ3n) is 3.11. The second kappa shape index (κ2) is 5.73. The van der Waals surface area contributed by atoms with Gasteiger partial charge in [-0.15, -0.1) is 10.6 Å². The third kappa shape index (κ3) is 3.15. The van der Waals surface area contributed by atoms with E-state index in [1.54, 1.807) is 12.1 Å². The van der Waals surface area contributed by atoms with Crippen molar-refractivity contribution in [1.29, 1.82) is 0 Å². The molecule has 0 unspecified atom stereocenters. The van der Waals surface area contributed by atoms with Crippen LogP contribution in [0, 0.1) is 13.8 Å². The van der Waals surface area contributed by atoms with Gasteiger partial charge in [0.05, 0.1) is 5.75 Å². The molecule has 1 aromatic carbocycles. The van der Waals surface area contributed by atoms with E-state index in [0.717, 1.165) is 25.9 Å². The number of nitrogens with zero attached hydrogens (tertiary/aromatic N) is 1. The summed E-state index contributed by atoms with van der Waals surface area (Å²) in [5, 5.41) is 9.81. The molecule has 0 fully saturated rings. The van der Waals surface area contributed by atoms with E-state index in [1.165, 1.54) is 12.3 Å². The molecule has 0 aliphatic heterocycles. The Hall–Kier alpha value is -1.08. The predicted molar refractivity (Wildman–Crippen MR) is 82.3 cm³/mol. The fourth-order valence-electron chi connectivity index (χ4n) is 1.96. The lowest BCUT2D eigenvalue weighted by molar-refractivity contribution is -0.933. The van der Waals surface area contributed by atoms with Crippen molar-refractivity contribution in [2.45, 2.75) is 24.6 Å². The van der Waals surface area contributed by atoms with Gasteiger partial charge in [0.25, 0.3) is 0 Å². The highest BCUT2D eigenvalue weighted by molar-refractivity contribution is 9.10.